The molecule has 2 aliphatic rings. The van der Waals surface area contributed by atoms with Gasteiger partial charge in [-0.2, -0.15) is 0 Å². The van der Waals surface area contributed by atoms with Crippen molar-refractivity contribution in [1.82, 2.24) is 0 Å². The van der Waals surface area contributed by atoms with Crippen molar-refractivity contribution in [1.29, 1.82) is 0 Å². The second-order valence-corrected chi connectivity index (χ2v) is 8.69. The molecule has 0 bridgehead atoms. The zero-order valence-electron chi connectivity index (χ0n) is 16.9. The molecule has 0 N–H and O–H groups in total. The number of Topliss-reactive ketones (excluding diaryl/α,β-unsaturated/α-hetero) is 1. The largest absolute Gasteiger partial charge is 0.469 e. The molecular weight excluding hydrogens is 332 g/mol. The van der Waals surface area contributed by atoms with Crippen LogP contribution < -0.4 is 0 Å². The highest BCUT2D eigenvalue weighted by molar-refractivity contribution is 5.87. The molecule has 0 heterocycles. The number of ether oxygens (including phenoxy) is 2. The molecule has 148 valence electrons. The van der Waals surface area contributed by atoms with Crippen LogP contribution in [0.15, 0.2) is 0 Å². The smallest absolute Gasteiger partial charge is 0.306 e. The third-order valence-corrected chi connectivity index (χ3v) is 7.59. The van der Waals surface area contributed by atoms with Crippen molar-refractivity contribution < 1.29 is 23.9 Å². The summed E-state index contributed by atoms with van der Waals surface area (Å²) in [6.07, 6.45) is 5.82. The van der Waals surface area contributed by atoms with Gasteiger partial charge in [0.2, 0.25) is 0 Å². The standard InChI is InChI=1S/C21H34O5/c1-6-14(12-18(23)25-4)21(3,13-19(24)26-5)16-9-10-20(2)15(11-16)7-8-17(20)22/h14-16H,6-13H2,1-5H3. The monoisotopic (exact) mass is 366 g/mol. The summed E-state index contributed by atoms with van der Waals surface area (Å²) in [7, 11) is 2.82. The highest BCUT2D eigenvalue weighted by Crippen LogP contribution is 2.57. The molecular formula is C21H34O5. The van der Waals surface area contributed by atoms with Crippen LogP contribution in [0.25, 0.3) is 0 Å². The zero-order chi connectivity index (χ0) is 19.5. The average Bonchev–Trinajstić information content (AvgIpc) is 2.93. The summed E-state index contributed by atoms with van der Waals surface area (Å²) >= 11 is 0. The van der Waals surface area contributed by atoms with Crippen molar-refractivity contribution in [2.45, 2.75) is 72.1 Å². The molecule has 5 atom stereocenters. The van der Waals surface area contributed by atoms with Crippen molar-refractivity contribution in [2.24, 2.45) is 28.6 Å². The summed E-state index contributed by atoms with van der Waals surface area (Å²) in [4.78, 5) is 36.5. The molecule has 2 saturated carbocycles. The van der Waals surface area contributed by atoms with Crippen LogP contribution in [0.1, 0.15) is 72.1 Å². The van der Waals surface area contributed by atoms with Gasteiger partial charge in [0.25, 0.3) is 0 Å². The van der Waals surface area contributed by atoms with E-state index in [2.05, 4.69) is 20.8 Å². The number of methoxy groups -OCH3 is 2. The van der Waals surface area contributed by atoms with E-state index in [-0.39, 0.29) is 28.7 Å². The van der Waals surface area contributed by atoms with E-state index < -0.39 is 0 Å². The minimum atomic E-state index is -0.330. The van der Waals surface area contributed by atoms with Gasteiger partial charge in [0.15, 0.2) is 0 Å². The fraction of sp³-hybridized carbons (Fsp3) is 0.857. The number of carbonyl (C=O) groups is 3. The number of hydrogen-bond acceptors (Lipinski definition) is 5. The van der Waals surface area contributed by atoms with E-state index in [1.165, 1.54) is 14.2 Å². The summed E-state index contributed by atoms with van der Waals surface area (Å²) in [5, 5.41) is 0. The molecule has 0 saturated heterocycles. The summed E-state index contributed by atoms with van der Waals surface area (Å²) in [5.41, 5.74) is -0.518. The predicted octanol–water partition coefficient (Wildman–Crippen LogP) is 3.93. The van der Waals surface area contributed by atoms with Crippen LogP contribution in [-0.4, -0.2) is 31.9 Å². The van der Waals surface area contributed by atoms with Gasteiger partial charge in [-0.1, -0.05) is 27.2 Å². The van der Waals surface area contributed by atoms with Gasteiger partial charge in [-0.3, -0.25) is 14.4 Å². The fourth-order valence-electron chi connectivity index (χ4n) is 5.53. The molecule has 2 rings (SSSR count). The highest BCUT2D eigenvalue weighted by atomic mass is 16.5. The predicted molar refractivity (Wildman–Crippen MR) is 98.3 cm³/mol. The molecule has 5 nitrogen and oxygen atoms in total. The van der Waals surface area contributed by atoms with Crippen LogP contribution in [0.2, 0.25) is 0 Å². The maximum absolute atomic E-state index is 12.3. The van der Waals surface area contributed by atoms with Crippen molar-refractivity contribution in [3.63, 3.8) is 0 Å². The van der Waals surface area contributed by atoms with E-state index >= 15 is 0 Å². The number of carbonyl (C=O) groups excluding carboxylic acids is 3. The zero-order valence-corrected chi connectivity index (χ0v) is 16.9. The van der Waals surface area contributed by atoms with Gasteiger partial charge in [0.05, 0.1) is 20.6 Å². The van der Waals surface area contributed by atoms with Crippen LogP contribution >= 0.6 is 0 Å². The van der Waals surface area contributed by atoms with E-state index in [1.54, 1.807) is 0 Å². The minimum absolute atomic E-state index is 0.0560. The van der Waals surface area contributed by atoms with E-state index in [1.807, 2.05) is 0 Å². The Balaban J connectivity index is 2.27. The first-order valence-electron chi connectivity index (χ1n) is 9.88. The Labute approximate surface area is 157 Å². The molecule has 5 unspecified atom stereocenters. The first kappa shape index (κ1) is 20.9. The van der Waals surface area contributed by atoms with Gasteiger partial charge in [0.1, 0.15) is 5.78 Å². The summed E-state index contributed by atoms with van der Waals surface area (Å²) in [6.45, 7) is 6.31. The van der Waals surface area contributed by atoms with Crippen molar-refractivity contribution in [3.05, 3.63) is 0 Å². The first-order valence-corrected chi connectivity index (χ1v) is 9.88. The Kier molecular flexibility index (Phi) is 6.51. The Morgan fingerprint density at radius 3 is 2.46 bits per heavy atom. The van der Waals surface area contributed by atoms with Crippen LogP contribution in [0.3, 0.4) is 0 Å². The van der Waals surface area contributed by atoms with Crippen molar-refractivity contribution in [3.8, 4) is 0 Å². The molecule has 2 aliphatic carbocycles. The molecule has 0 radical (unpaired) electrons. The van der Waals surface area contributed by atoms with Crippen LogP contribution in [0, 0.1) is 28.6 Å². The van der Waals surface area contributed by atoms with E-state index in [0.29, 0.717) is 36.9 Å². The Bertz CT molecular complexity index is 557. The van der Waals surface area contributed by atoms with Crippen LogP contribution in [-0.2, 0) is 23.9 Å². The Hall–Kier alpha value is -1.39. The molecule has 5 heteroatoms. The summed E-state index contributed by atoms with van der Waals surface area (Å²) in [6, 6.07) is 0. The molecule has 0 aromatic rings. The van der Waals surface area contributed by atoms with E-state index in [4.69, 9.17) is 9.47 Å². The molecule has 26 heavy (non-hydrogen) atoms. The number of esters is 2. The molecule has 0 amide bonds. The number of rotatable bonds is 7. The second-order valence-electron chi connectivity index (χ2n) is 8.69. The van der Waals surface area contributed by atoms with Gasteiger partial charge in [-0.15, -0.1) is 0 Å². The molecule has 0 aromatic carbocycles. The average molecular weight is 366 g/mol. The number of fused-ring (bicyclic) bond motifs is 1. The molecule has 0 aliphatic heterocycles. The SMILES string of the molecule is CCC(CC(=O)OC)C(C)(CC(=O)OC)C1CCC2(C)C(=O)CCC2C1. The third kappa shape index (κ3) is 3.81. The lowest BCUT2D eigenvalue weighted by atomic mass is 9.55. The minimum Gasteiger partial charge on any atom is -0.469 e. The first-order chi connectivity index (χ1) is 12.2. The van der Waals surface area contributed by atoms with Gasteiger partial charge >= 0.3 is 11.9 Å². The Morgan fingerprint density at radius 2 is 1.88 bits per heavy atom. The van der Waals surface area contributed by atoms with E-state index in [0.717, 1.165) is 32.1 Å². The van der Waals surface area contributed by atoms with Crippen molar-refractivity contribution >= 4 is 17.7 Å². The maximum Gasteiger partial charge on any atom is 0.306 e. The fourth-order valence-corrected chi connectivity index (χ4v) is 5.53. The summed E-state index contributed by atoms with van der Waals surface area (Å²) < 4.78 is 9.87. The quantitative estimate of drug-likeness (QED) is 0.639. The summed E-state index contributed by atoms with van der Waals surface area (Å²) in [5.74, 6) is 0.690. The second kappa shape index (κ2) is 8.10. The maximum atomic E-state index is 12.3. The highest BCUT2D eigenvalue weighted by Gasteiger charge is 2.53. The Morgan fingerprint density at radius 1 is 1.23 bits per heavy atom. The van der Waals surface area contributed by atoms with Gasteiger partial charge in [-0.05, 0) is 48.9 Å². The molecule has 0 spiro atoms. The van der Waals surface area contributed by atoms with Gasteiger partial charge < -0.3 is 9.47 Å². The van der Waals surface area contributed by atoms with Crippen LogP contribution in [0.5, 0.6) is 0 Å². The lowest BCUT2D eigenvalue weighted by Crippen LogP contribution is -2.45. The van der Waals surface area contributed by atoms with Crippen molar-refractivity contribution in [2.75, 3.05) is 14.2 Å². The number of hydrogen-bond donors (Lipinski definition) is 0. The third-order valence-electron chi connectivity index (χ3n) is 7.59. The van der Waals surface area contributed by atoms with Gasteiger partial charge in [-0.25, -0.2) is 0 Å². The lowest BCUT2D eigenvalue weighted by Gasteiger charge is -2.49. The normalized spacial score (nSPS) is 31.7. The lowest BCUT2D eigenvalue weighted by molar-refractivity contribution is -0.151. The topological polar surface area (TPSA) is 69.7 Å². The number of ketones is 1. The molecule has 2 fully saturated rings. The van der Waals surface area contributed by atoms with Crippen LogP contribution in [0.4, 0.5) is 0 Å². The van der Waals surface area contributed by atoms with Gasteiger partial charge in [0, 0.05) is 18.3 Å². The molecule has 0 aromatic heterocycles. The van der Waals surface area contributed by atoms with E-state index in [9.17, 15) is 14.4 Å².